The fourth-order valence-corrected chi connectivity index (χ4v) is 15.7. The molecule has 9 atom stereocenters. The van der Waals surface area contributed by atoms with Crippen molar-refractivity contribution >= 4 is 47.6 Å². The first-order chi connectivity index (χ1) is 35.2. The van der Waals surface area contributed by atoms with Gasteiger partial charge in [0.15, 0.2) is 5.41 Å². The van der Waals surface area contributed by atoms with Crippen molar-refractivity contribution in [3.05, 3.63) is 106 Å². The maximum absolute atomic E-state index is 16.2. The van der Waals surface area contributed by atoms with E-state index in [-0.39, 0.29) is 30.3 Å². The van der Waals surface area contributed by atoms with E-state index in [1.807, 2.05) is 24.5 Å². The van der Waals surface area contributed by atoms with Gasteiger partial charge < -0.3 is 46.4 Å². The third-order valence-corrected chi connectivity index (χ3v) is 19.1. The third-order valence-electron chi connectivity index (χ3n) is 17.4. The number of allylic oxidation sites excluding steroid dienone is 3. The van der Waals surface area contributed by atoms with Crippen molar-refractivity contribution in [3.63, 3.8) is 0 Å². The molecule has 386 valence electrons. The van der Waals surface area contributed by atoms with Gasteiger partial charge in [0.1, 0.15) is 11.8 Å². The number of carbonyl (C=O) groups is 5. The molecule has 0 radical (unpaired) electrons. The first-order valence-corrected chi connectivity index (χ1v) is 27.0. The van der Waals surface area contributed by atoms with E-state index in [1.54, 1.807) is 7.05 Å². The fourth-order valence-electron chi connectivity index (χ4n) is 13.9. The minimum atomic E-state index is -2.48. The summed E-state index contributed by atoms with van der Waals surface area (Å²) in [7, 11) is 1.55. The molecule has 2 fully saturated rings. The Kier molecular flexibility index (Phi) is 14.1. The van der Waals surface area contributed by atoms with Crippen molar-refractivity contribution in [1.29, 1.82) is 0 Å². The summed E-state index contributed by atoms with van der Waals surface area (Å²) in [6.45, 7) is 0.665. The molecule has 4 bridgehead atoms. The number of esters is 1. The molecule has 10 rings (SSSR count). The number of nitrogens with one attached hydrogen (secondary N) is 5. The zero-order chi connectivity index (χ0) is 51.2. The van der Waals surface area contributed by atoms with Gasteiger partial charge in [-0.15, -0.1) is 11.8 Å². The second-order valence-electron chi connectivity index (χ2n) is 21.5. The van der Waals surface area contributed by atoms with Crippen LogP contribution in [0, 0.1) is 39.9 Å². The predicted octanol–water partition coefficient (Wildman–Crippen LogP) is 4.42. The number of nitrogens with zero attached hydrogens (tertiary/aromatic N) is 1. The molecule has 9 N–H and O–H groups in total. The molecule has 1 saturated carbocycles. The van der Waals surface area contributed by atoms with Crippen molar-refractivity contribution in [2.45, 2.75) is 132 Å². The fraction of sp³-hybridized carbons (Fsp3) is 0.536. The number of hydrogen-bond acceptors (Lipinski definition) is 13. The van der Waals surface area contributed by atoms with E-state index in [2.05, 4.69) is 85.9 Å². The van der Waals surface area contributed by atoms with E-state index in [0.29, 0.717) is 25.0 Å². The van der Waals surface area contributed by atoms with E-state index in [9.17, 15) is 39.6 Å². The SMILES string of the molecule is CNCNC(O)(CCC(=O)NC(CSC12C=CC3(CCCCCC14CCCC4)CC(Cc1ccncc1)=C1C4NCCC5C=Cc6cccc(c6CC54)CC#CC14C(=O)OC2=C34)C(=O)NC(O)C(=O)O)C(=O)O. The Morgan fingerprint density at radius 3 is 2.53 bits per heavy atom. The summed E-state index contributed by atoms with van der Waals surface area (Å²) in [5.41, 5.74) is 2.67. The number of hydrogen-bond donors (Lipinski definition) is 9. The van der Waals surface area contributed by atoms with Gasteiger partial charge in [0.2, 0.25) is 23.8 Å². The molecule has 1 aromatic carbocycles. The summed E-state index contributed by atoms with van der Waals surface area (Å²) in [5, 5.41) is 54.8. The van der Waals surface area contributed by atoms with Gasteiger partial charge in [-0.3, -0.25) is 19.9 Å². The number of carboxylic acids is 2. The second kappa shape index (κ2) is 20.3. The normalized spacial score (nSPS) is 29.8. The van der Waals surface area contributed by atoms with Gasteiger partial charge >= 0.3 is 17.9 Å². The Morgan fingerprint density at radius 1 is 1.01 bits per heavy atom. The van der Waals surface area contributed by atoms with E-state index < -0.39 is 81.6 Å². The topological polar surface area (TPSA) is 249 Å². The number of aliphatic hydroxyl groups excluding tert-OH is 1. The van der Waals surface area contributed by atoms with Crippen LogP contribution in [0.25, 0.3) is 6.08 Å². The smallest absolute Gasteiger partial charge is 0.353 e. The molecule has 3 spiro atoms. The van der Waals surface area contributed by atoms with Crippen molar-refractivity contribution in [2.24, 2.45) is 28.1 Å². The summed E-state index contributed by atoms with van der Waals surface area (Å²) in [5.74, 6) is 2.66. The number of aliphatic carboxylic acids is 2. The van der Waals surface area contributed by atoms with Gasteiger partial charge in [-0.1, -0.05) is 92.0 Å². The molecule has 3 heterocycles. The number of carbonyl (C=O) groups excluding carboxylic acids is 3. The summed E-state index contributed by atoms with van der Waals surface area (Å²) in [6.07, 6.45) is 20.7. The number of rotatable bonds is 16. The maximum atomic E-state index is 16.2. The van der Waals surface area contributed by atoms with Crippen LogP contribution >= 0.6 is 11.8 Å². The van der Waals surface area contributed by atoms with E-state index in [0.717, 1.165) is 99.4 Å². The van der Waals surface area contributed by atoms with Gasteiger partial charge in [-0.25, -0.2) is 14.4 Å². The minimum absolute atomic E-state index is 0.0825. The molecule has 2 aliphatic heterocycles. The lowest BCUT2D eigenvalue weighted by Crippen LogP contribution is -2.57. The zero-order valence-corrected chi connectivity index (χ0v) is 42.1. The zero-order valence-electron chi connectivity index (χ0n) is 41.3. The number of pyridine rings is 1. The highest BCUT2D eigenvalue weighted by atomic mass is 32.2. The first kappa shape index (κ1) is 50.9. The molecule has 8 aliphatic rings. The molecule has 9 unspecified atom stereocenters. The van der Waals surface area contributed by atoms with Crippen molar-refractivity contribution in [3.8, 4) is 11.8 Å². The third kappa shape index (κ3) is 8.95. The Balaban J connectivity index is 1.14. The monoisotopic (exact) mass is 1010 g/mol. The molecule has 2 aromatic rings. The van der Waals surface area contributed by atoms with Crippen LogP contribution in [0.5, 0.6) is 0 Å². The Bertz CT molecular complexity index is 2760. The number of aliphatic hydroxyl groups is 2. The summed E-state index contributed by atoms with van der Waals surface area (Å²) in [4.78, 5) is 72.6. The van der Waals surface area contributed by atoms with E-state index >= 15 is 4.79 Å². The number of ether oxygens (including phenoxy) is 1. The number of thioether (sulfide) groups is 1. The van der Waals surface area contributed by atoms with E-state index in [4.69, 9.17) is 4.74 Å². The predicted molar refractivity (Wildman–Crippen MR) is 273 cm³/mol. The molecule has 1 saturated heterocycles. The van der Waals surface area contributed by atoms with Crippen molar-refractivity contribution < 1.29 is 49.1 Å². The van der Waals surface area contributed by atoms with Crippen LogP contribution in [0.3, 0.4) is 0 Å². The highest BCUT2D eigenvalue weighted by Crippen LogP contribution is 2.72. The Labute approximate surface area is 429 Å². The number of benzene rings is 1. The molecule has 2 amide bonds. The van der Waals surface area contributed by atoms with Crippen LogP contribution in [0.15, 0.2) is 83.4 Å². The van der Waals surface area contributed by atoms with Crippen LogP contribution in [-0.2, 0) is 48.0 Å². The highest BCUT2D eigenvalue weighted by Gasteiger charge is 2.70. The maximum Gasteiger partial charge on any atom is 0.353 e. The lowest BCUT2D eigenvalue weighted by molar-refractivity contribution is -0.164. The number of fused-ring (bicyclic) bond motifs is 4. The quantitative estimate of drug-likeness (QED) is 0.0489. The Hall–Kier alpha value is -5.61. The van der Waals surface area contributed by atoms with E-state index in [1.165, 1.54) is 28.5 Å². The van der Waals surface area contributed by atoms with Crippen molar-refractivity contribution in [1.82, 2.24) is 31.6 Å². The molecule has 1 aromatic heterocycles. The molecule has 16 nitrogen and oxygen atoms in total. The summed E-state index contributed by atoms with van der Waals surface area (Å²) < 4.78 is 6.07. The minimum Gasteiger partial charge on any atom is -0.478 e. The number of aromatic nitrogens is 1. The van der Waals surface area contributed by atoms with Gasteiger partial charge in [0.05, 0.1) is 4.75 Å². The number of carboxylic acid groups (broad SMARTS) is 2. The first-order valence-electron chi connectivity index (χ1n) is 26.0. The van der Waals surface area contributed by atoms with Crippen LogP contribution < -0.4 is 26.6 Å². The summed E-state index contributed by atoms with van der Waals surface area (Å²) in [6, 6.07) is 8.84. The average molecular weight is 1020 g/mol. The number of amides is 2. The van der Waals surface area contributed by atoms with Gasteiger partial charge in [-0.2, -0.15) is 0 Å². The van der Waals surface area contributed by atoms with Crippen molar-refractivity contribution in [2.75, 3.05) is 26.0 Å². The van der Waals surface area contributed by atoms with Gasteiger partial charge in [0.25, 0.3) is 0 Å². The Morgan fingerprint density at radius 2 is 1.78 bits per heavy atom. The highest BCUT2D eigenvalue weighted by molar-refractivity contribution is 8.01. The molecule has 6 aliphatic carbocycles. The second-order valence-corrected chi connectivity index (χ2v) is 22.7. The molecular formula is C56H66N6O10S. The standard InChI is InChI=1S/C56H66N6O10S/c1-57-33-60-56(71,50(68)69)23-14-42(63)61-41(47(64)62-48(65)49(66)67)32-73-55-25-24-52(18-3-2-4-19-53(55)20-5-6-21-53)31-38(29-34-15-26-58-27-16-34)43-44-40-30-39-35(9-7-10-36(39)12-13-37(40)17-28-59-44)11-8-22-54(43)45(52)46(55)72-51(54)70/h7,9-10,12-13,15-16,24-27,37,40-41,44,48,57,59-60,65,71H,2-6,11,14,17-21,23,28-33H2,1H3,(H,61,63)(H,62,64)(H,66,67)(H,68,69). The summed E-state index contributed by atoms with van der Waals surface area (Å²) >= 11 is 1.38. The molecular weight excluding hydrogens is 949 g/mol. The largest absolute Gasteiger partial charge is 0.478 e. The average Bonchev–Trinajstić information content (AvgIpc) is 3.92. The van der Waals surface area contributed by atoms with Crippen LogP contribution in [0.1, 0.15) is 106 Å². The number of piperidine rings is 1. The lowest BCUT2D eigenvalue weighted by atomic mass is 9.49. The lowest BCUT2D eigenvalue weighted by Gasteiger charge is -2.55. The van der Waals surface area contributed by atoms with Gasteiger partial charge in [-0.05, 0) is 122 Å². The van der Waals surface area contributed by atoms with Crippen LogP contribution in [-0.4, -0.2) is 110 Å². The molecule has 17 heteroatoms. The van der Waals surface area contributed by atoms with Crippen LogP contribution in [0.4, 0.5) is 0 Å². The van der Waals surface area contributed by atoms with Gasteiger partial charge in [0, 0.05) is 61.1 Å². The van der Waals surface area contributed by atoms with Crippen LogP contribution in [0.2, 0.25) is 0 Å². The molecule has 73 heavy (non-hydrogen) atoms.